The van der Waals surface area contributed by atoms with Gasteiger partial charge < -0.3 is 0 Å². The van der Waals surface area contributed by atoms with Crippen molar-refractivity contribution in [1.82, 2.24) is 4.72 Å². The van der Waals surface area contributed by atoms with Gasteiger partial charge in [0.1, 0.15) is 0 Å². The zero-order valence-corrected chi connectivity index (χ0v) is 11.9. The summed E-state index contributed by atoms with van der Waals surface area (Å²) < 4.78 is 26.7. The van der Waals surface area contributed by atoms with E-state index in [0.29, 0.717) is 5.56 Å². The van der Waals surface area contributed by atoms with Gasteiger partial charge in [0.05, 0.1) is 16.4 Å². The maximum atomic E-state index is 12.1. The minimum atomic E-state index is -3.55. The highest BCUT2D eigenvalue weighted by Gasteiger charge is 2.22. The van der Waals surface area contributed by atoms with Gasteiger partial charge in [0, 0.05) is 6.54 Å². The molecule has 1 aromatic carbocycles. The summed E-state index contributed by atoms with van der Waals surface area (Å²) in [6.45, 7) is 7.15. The molecule has 5 heteroatoms. The average Bonchev–Trinajstić information content (AvgIpc) is 2.26. The Morgan fingerprint density at radius 2 is 1.94 bits per heavy atom. The molecule has 1 rings (SSSR count). The monoisotopic (exact) mass is 266 g/mol. The van der Waals surface area contributed by atoms with Crippen molar-refractivity contribution in [2.75, 3.05) is 6.54 Å². The summed E-state index contributed by atoms with van der Waals surface area (Å²) >= 11 is 0. The molecule has 0 bridgehead atoms. The van der Waals surface area contributed by atoms with E-state index < -0.39 is 15.4 Å². The third-order valence-electron chi connectivity index (χ3n) is 2.63. The number of aryl methyl sites for hydroxylation is 2. The molecule has 98 valence electrons. The zero-order chi connectivity index (χ0) is 14.0. The fraction of sp³-hybridized carbons (Fsp3) is 0.462. The van der Waals surface area contributed by atoms with Gasteiger partial charge in [0.25, 0.3) is 0 Å². The lowest BCUT2D eigenvalue weighted by molar-refractivity contribution is 0.478. The number of rotatable bonds is 4. The summed E-state index contributed by atoms with van der Waals surface area (Å²) in [7, 11) is -3.55. The molecular weight excluding hydrogens is 248 g/mol. The van der Waals surface area contributed by atoms with Crippen LogP contribution in [0.25, 0.3) is 0 Å². The van der Waals surface area contributed by atoms with Gasteiger partial charge in [-0.1, -0.05) is 17.7 Å². The molecule has 0 heterocycles. The Kier molecular flexibility index (Phi) is 4.15. The van der Waals surface area contributed by atoms with Gasteiger partial charge in [-0.25, -0.2) is 13.1 Å². The minimum Gasteiger partial charge on any atom is -0.210 e. The molecule has 0 unspecified atom stereocenters. The Hall–Kier alpha value is -1.38. The number of hydrogen-bond acceptors (Lipinski definition) is 3. The lowest BCUT2D eigenvalue weighted by Gasteiger charge is -2.16. The molecule has 0 aliphatic rings. The number of benzene rings is 1. The van der Waals surface area contributed by atoms with E-state index in [9.17, 15) is 8.42 Å². The van der Waals surface area contributed by atoms with E-state index in [2.05, 4.69) is 10.8 Å². The maximum absolute atomic E-state index is 12.1. The molecule has 0 fully saturated rings. The van der Waals surface area contributed by atoms with Crippen LogP contribution in [0.3, 0.4) is 0 Å². The molecule has 0 saturated heterocycles. The fourth-order valence-electron chi connectivity index (χ4n) is 1.49. The Labute approximate surface area is 109 Å². The van der Waals surface area contributed by atoms with E-state index in [1.807, 2.05) is 13.0 Å². The molecule has 0 amide bonds. The molecule has 0 saturated carbocycles. The van der Waals surface area contributed by atoms with Gasteiger partial charge in [-0.2, -0.15) is 5.26 Å². The van der Waals surface area contributed by atoms with Crippen molar-refractivity contribution in [3.63, 3.8) is 0 Å². The first kappa shape index (κ1) is 14.7. The average molecular weight is 266 g/mol. The van der Waals surface area contributed by atoms with Crippen LogP contribution in [-0.2, 0) is 10.0 Å². The molecule has 0 aliphatic heterocycles. The highest BCUT2D eigenvalue weighted by atomic mass is 32.2. The van der Waals surface area contributed by atoms with Gasteiger partial charge in [-0.15, -0.1) is 0 Å². The summed E-state index contributed by atoms with van der Waals surface area (Å²) in [6.07, 6.45) is 0. The smallest absolute Gasteiger partial charge is 0.210 e. The molecule has 0 aliphatic carbocycles. The van der Waals surface area contributed by atoms with Gasteiger partial charge in [-0.05, 0) is 39.3 Å². The molecule has 1 N–H and O–H groups in total. The summed E-state index contributed by atoms with van der Waals surface area (Å²) in [6, 6.07) is 7.24. The SMILES string of the molecule is Cc1ccc(S(=O)(=O)NCC(C)(C)C#N)c(C)c1. The Bertz CT molecular complexity index is 583. The van der Waals surface area contributed by atoms with Crippen LogP contribution in [0.15, 0.2) is 23.1 Å². The largest absolute Gasteiger partial charge is 0.240 e. The minimum absolute atomic E-state index is 0.0964. The van der Waals surface area contributed by atoms with Crippen LogP contribution in [-0.4, -0.2) is 15.0 Å². The summed E-state index contributed by atoms with van der Waals surface area (Å²) in [5, 5.41) is 8.87. The molecule has 18 heavy (non-hydrogen) atoms. The van der Waals surface area contributed by atoms with E-state index in [-0.39, 0.29) is 11.4 Å². The van der Waals surface area contributed by atoms with Gasteiger partial charge in [0.15, 0.2) is 0 Å². The normalized spacial score (nSPS) is 12.2. The van der Waals surface area contributed by atoms with Crippen molar-refractivity contribution in [1.29, 1.82) is 5.26 Å². The highest BCUT2D eigenvalue weighted by molar-refractivity contribution is 7.89. The van der Waals surface area contributed by atoms with Gasteiger partial charge >= 0.3 is 0 Å². The van der Waals surface area contributed by atoms with E-state index in [0.717, 1.165) is 5.56 Å². The molecule has 1 aromatic rings. The van der Waals surface area contributed by atoms with Crippen LogP contribution in [0.2, 0.25) is 0 Å². The van der Waals surface area contributed by atoms with Crippen LogP contribution in [0.4, 0.5) is 0 Å². The Morgan fingerprint density at radius 3 is 2.44 bits per heavy atom. The Balaban J connectivity index is 2.98. The van der Waals surface area contributed by atoms with Crippen molar-refractivity contribution in [2.24, 2.45) is 5.41 Å². The van der Waals surface area contributed by atoms with Crippen molar-refractivity contribution in [3.8, 4) is 6.07 Å². The quantitative estimate of drug-likeness (QED) is 0.907. The molecule has 0 aromatic heterocycles. The fourth-order valence-corrected chi connectivity index (χ4v) is 2.93. The predicted molar refractivity (Wildman–Crippen MR) is 70.5 cm³/mol. The van der Waals surface area contributed by atoms with E-state index in [1.54, 1.807) is 32.9 Å². The molecule has 0 radical (unpaired) electrons. The number of nitrogens with zero attached hydrogens (tertiary/aromatic N) is 1. The van der Waals surface area contributed by atoms with Crippen LogP contribution < -0.4 is 4.72 Å². The first-order valence-electron chi connectivity index (χ1n) is 5.66. The van der Waals surface area contributed by atoms with Crippen molar-refractivity contribution >= 4 is 10.0 Å². The van der Waals surface area contributed by atoms with E-state index >= 15 is 0 Å². The Morgan fingerprint density at radius 1 is 1.33 bits per heavy atom. The van der Waals surface area contributed by atoms with Crippen LogP contribution in [0.1, 0.15) is 25.0 Å². The maximum Gasteiger partial charge on any atom is 0.240 e. The summed E-state index contributed by atoms with van der Waals surface area (Å²) in [4.78, 5) is 0.266. The number of nitrogens with one attached hydrogen (secondary N) is 1. The topological polar surface area (TPSA) is 70.0 Å². The molecule has 4 nitrogen and oxygen atoms in total. The zero-order valence-electron chi connectivity index (χ0n) is 11.1. The van der Waals surface area contributed by atoms with E-state index in [1.165, 1.54) is 0 Å². The third-order valence-corrected chi connectivity index (χ3v) is 4.19. The van der Waals surface area contributed by atoms with Gasteiger partial charge in [-0.3, -0.25) is 0 Å². The number of hydrogen-bond donors (Lipinski definition) is 1. The predicted octanol–water partition coefficient (Wildman–Crippen LogP) is 2.13. The second-order valence-electron chi connectivity index (χ2n) is 5.09. The summed E-state index contributed by atoms with van der Waals surface area (Å²) in [5.74, 6) is 0. The first-order chi connectivity index (χ1) is 8.18. The second kappa shape index (κ2) is 5.09. The lowest BCUT2D eigenvalue weighted by Crippen LogP contribution is -2.33. The number of nitriles is 1. The van der Waals surface area contributed by atoms with Crippen LogP contribution >= 0.6 is 0 Å². The third kappa shape index (κ3) is 3.56. The molecule has 0 atom stereocenters. The van der Waals surface area contributed by atoms with E-state index in [4.69, 9.17) is 5.26 Å². The van der Waals surface area contributed by atoms with Crippen molar-refractivity contribution in [3.05, 3.63) is 29.3 Å². The van der Waals surface area contributed by atoms with Crippen LogP contribution in [0, 0.1) is 30.6 Å². The highest BCUT2D eigenvalue weighted by Crippen LogP contribution is 2.18. The molecule has 0 spiro atoms. The number of sulfonamides is 1. The van der Waals surface area contributed by atoms with Crippen LogP contribution in [0.5, 0.6) is 0 Å². The summed E-state index contributed by atoms with van der Waals surface area (Å²) in [5.41, 5.74) is 1.01. The van der Waals surface area contributed by atoms with Gasteiger partial charge in [0.2, 0.25) is 10.0 Å². The van der Waals surface area contributed by atoms with Crippen molar-refractivity contribution in [2.45, 2.75) is 32.6 Å². The van der Waals surface area contributed by atoms with Crippen molar-refractivity contribution < 1.29 is 8.42 Å². The molecular formula is C13H18N2O2S. The lowest BCUT2D eigenvalue weighted by atomic mass is 9.97. The first-order valence-corrected chi connectivity index (χ1v) is 7.14. The standard InChI is InChI=1S/C13H18N2O2S/c1-10-5-6-12(11(2)7-10)18(16,17)15-9-13(3,4)8-14/h5-7,15H,9H2,1-4H3. The second-order valence-corrected chi connectivity index (χ2v) is 6.82.